The smallest absolute Gasteiger partial charge is 0.102 e. The van der Waals surface area contributed by atoms with E-state index in [0.29, 0.717) is 0 Å². The third-order valence-corrected chi connectivity index (χ3v) is 8.27. The Bertz CT molecular complexity index is 1670. The van der Waals surface area contributed by atoms with Crippen LogP contribution in [0.25, 0.3) is 0 Å². The van der Waals surface area contributed by atoms with Gasteiger partial charge in [-0.2, -0.15) is 0 Å². The zero-order chi connectivity index (χ0) is 28.1. The Kier molecular flexibility index (Phi) is 7.34. The largest absolute Gasteiger partial charge is 0.364 e. The average Bonchev–Trinajstić information content (AvgIpc) is 3.67. The third kappa shape index (κ3) is 5.48. The first-order valence-electron chi connectivity index (χ1n) is 14.7. The van der Waals surface area contributed by atoms with Crippen molar-refractivity contribution in [3.8, 4) is 0 Å². The molecule has 0 amide bonds. The Labute approximate surface area is 248 Å². The van der Waals surface area contributed by atoms with Crippen LogP contribution in [-0.2, 0) is 13.0 Å². The van der Waals surface area contributed by atoms with Crippen molar-refractivity contribution in [3.63, 3.8) is 0 Å². The first-order valence-corrected chi connectivity index (χ1v) is 14.7. The van der Waals surface area contributed by atoms with Crippen LogP contribution in [-0.4, -0.2) is 17.1 Å². The Hall–Kier alpha value is -4.96. The van der Waals surface area contributed by atoms with Crippen molar-refractivity contribution in [2.75, 3.05) is 0 Å². The standard InChI is InChI=1S/C38H34N4/c1-5-16-30(17-6-1)35-36(31-18-7-2-8-19-31)41-34(40-35)25-28-14-13-15-29(24-28)26-42-27-39-37(32-20-9-3-10-21-32)38(42)33-22-11-4-12-23-33/h1-24,27,35-38H,25-26H2,(H,40,41). The lowest BCUT2D eigenvalue weighted by molar-refractivity contribution is 0.310. The van der Waals surface area contributed by atoms with Gasteiger partial charge in [0.15, 0.2) is 0 Å². The molecule has 0 saturated heterocycles. The minimum Gasteiger partial charge on any atom is -0.364 e. The highest BCUT2D eigenvalue weighted by Gasteiger charge is 2.33. The number of hydrogen-bond donors (Lipinski definition) is 1. The number of hydrogen-bond acceptors (Lipinski definition) is 4. The molecule has 0 aromatic heterocycles. The first kappa shape index (κ1) is 26.0. The van der Waals surface area contributed by atoms with Gasteiger partial charge in [-0.3, -0.25) is 9.98 Å². The topological polar surface area (TPSA) is 40.0 Å². The quantitative estimate of drug-likeness (QED) is 0.214. The normalized spacial score (nSPS) is 21.2. The Morgan fingerprint density at radius 1 is 0.548 bits per heavy atom. The lowest BCUT2D eigenvalue weighted by Gasteiger charge is -2.29. The van der Waals surface area contributed by atoms with Gasteiger partial charge in [-0.05, 0) is 33.4 Å². The van der Waals surface area contributed by atoms with E-state index in [0.717, 1.165) is 18.8 Å². The molecule has 0 aliphatic carbocycles. The van der Waals surface area contributed by atoms with Gasteiger partial charge in [0.05, 0.1) is 18.4 Å². The predicted molar refractivity (Wildman–Crippen MR) is 171 cm³/mol. The van der Waals surface area contributed by atoms with Crippen LogP contribution in [0.5, 0.6) is 0 Å². The highest BCUT2D eigenvalue weighted by molar-refractivity contribution is 5.87. The molecular formula is C38H34N4. The summed E-state index contributed by atoms with van der Waals surface area (Å²) in [6.07, 6.45) is 2.81. The van der Waals surface area contributed by atoms with Gasteiger partial charge in [-0.15, -0.1) is 0 Å². The molecule has 0 bridgehead atoms. The molecule has 0 radical (unpaired) electrons. The summed E-state index contributed by atoms with van der Waals surface area (Å²) in [5.41, 5.74) is 7.54. The van der Waals surface area contributed by atoms with Crippen LogP contribution in [0.2, 0.25) is 0 Å². The van der Waals surface area contributed by atoms with E-state index < -0.39 is 0 Å². The molecule has 2 heterocycles. The van der Waals surface area contributed by atoms with Crippen LogP contribution < -0.4 is 5.32 Å². The zero-order valence-electron chi connectivity index (χ0n) is 23.5. The number of amidine groups is 1. The molecule has 4 atom stereocenters. The van der Waals surface area contributed by atoms with Crippen LogP contribution in [0.15, 0.2) is 156 Å². The van der Waals surface area contributed by atoms with Gasteiger partial charge < -0.3 is 10.2 Å². The molecule has 1 N–H and O–H groups in total. The Balaban J connectivity index is 1.12. The van der Waals surface area contributed by atoms with Gasteiger partial charge in [0.1, 0.15) is 17.9 Å². The van der Waals surface area contributed by atoms with Crippen molar-refractivity contribution < 1.29 is 0 Å². The fourth-order valence-corrected chi connectivity index (χ4v) is 6.29. The van der Waals surface area contributed by atoms with Crippen molar-refractivity contribution in [1.82, 2.24) is 10.2 Å². The fraction of sp³-hybridized carbons (Fsp3) is 0.158. The maximum absolute atomic E-state index is 5.21. The number of benzene rings is 5. The zero-order valence-corrected chi connectivity index (χ0v) is 23.5. The van der Waals surface area contributed by atoms with E-state index in [4.69, 9.17) is 9.98 Å². The number of aliphatic imine (C=N–C) groups is 2. The second kappa shape index (κ2) is 11.9. The summed E-state index contributed by atoms with van der Waals surface area (Å²) in [4.78, 5) is 12.6. The molecule has 0 fully saturated rings. The molecule has 206 valence electrons. The summed E-state index contributed by atoms with van der Waals surface area (Å²) in [5, 5.41) is 3.77. The first-order chi connectivity index (χ1) is 20.8. The Morgan fingerprint density at radius 2 is 1.10 bits per heavy atom. The molecule has 7 rings (SSSR count). The summed E-state index contributed by atoms with van der Waals surface area (Å²) in [6.45, 7) is 0.791. The molecular weight excluding hydrogens is 512 g/mol. The minimum atomic E-state index is 0.0501. The van der Waals surface area contributed by atoms with E-state index >= 15 is 0 Å². The monoisotopic (exact) mass is 546 g/mol. The van der Waals surface area contributed by atoms with Gasteiger partial charge in [0.25, 0.3) is 0 Å². The lowest BCUT2D eigenvalue weighted by Crippen LogP contribution is -2.26. The molecule has 0 saturated carbocycles. The van der Waals surface area contributed by atoms with Crippen molar-refractivity contribution in [2.24, 2.45) is 9.98 Å². The van der Waals surface area contributed by atoms with E-state index in [1.165, 1.54) is 33.4 Å². The fourth-order valence-electron chi connectivity index (χ4n) is 6.29. The molecule has 5 aromatic carbocycles. The molecule has 2 aliphatic heterocycles. The lowest BCUT2D eigenvalue weighted by atomic mass is 9.93. The van der Waals surface area contributed by atoms with Crippen molar-refractivity contribution >= 4 is 12.2 Å². The molecule has 42 heavy (non-hydrogen) atoms. The van der Waals surface area contributed by atoms with Crippen molar-refractivity contribution in [3.05, 3.63) is 179 Å². The molecule has 4 unspecified atom stereocenters. The molecule has 0 spiro atoms. The van der Waals surface area contributed by atoms with Crippen molar-refractivity contribution in [2.45, 2.75) is 37.1 Å². The van der Waals surface area contributed by atoms with Crippen molar-refractivity contribution in [1.29, 1.82) is 0 Å². The molecule has 4 nitrogen and oxygen atoms in total. The van der Waals surface area contributed by atoms with Gasteiger partial charge in [-0.25, -0.2) is 0 Å². The number of nitrogens with zero attached hydrogens (tertiary/aromatic N) is 3. The van der Waals surface area contributed by atoms with E-state index in [1.54, 1.807) is 0 Å². The van der Waals surface area contributed by atoms with Crippen LogP contribution in [0, 0.1) is 0 Å². The number of nitrogens with one attached hydrogen (secondary N) is 1. The summed E-state index contributed by atoms with van der Waals surface area (Å²) in [5.74, 6) is 1.03. The molecule has 2 aliphatic rings. The number of rotatable bonds is 8. The van der Waals surface area contributed by atoms with E-state index in [9.17, 15) is 0 Å². The summed E-state index contributed by atoms with van der Waals surface area (Å²) in [6, 6.07) is 52.0. The minimum absolute atomic E-state index is 0.0501. The summed E-state index contributed by atoms with van der Waals surface area (Å²) in [7, 11) is 0. The van der Waals surface area contributed by atoms with Gasteiger partial charge in [0.2, 0.25) is 0 Å². The van der Waals surface area contributed by atoms with Crippen LogP contribution in [0.4, 0.5) is 0 Å². The summed E-state index contributed by atoms with van der Waals surface area (Å²) < 4.78 is 0. The van der Waals surface area contributed by atoms with Crippen LogP contribution in [0.1, 0.15) is 57.5 Å². The van der Waals surface area contributed by atoms with Crippen LogP contribution in [0.3, 0.4) is 0 Å². The van der Waals surface area contributed by atoms with Gasteiger partial charge in [-0.1, -0.05) is 146 Å². The van der Waals surface area contributed by atoms with E-state index in [1.807, 2.05) is 6.34 Å². The maximum Gasteiger partial charge on any atom is 0.102 e. The van der Waals surface area contributed by atoms with E-state index in [2.05, 4.69) is 156 Å². The van der Waals surface area contributed by atoms with Gasteiger partial charge >= 0.3 is 0 Å². The average molecular weight is 547 g/mol. The highest BCUT2D eigenvalue weighted by atomic mass is 15.2. The summed E-state index contributed by atoms with van der Waals surface area (Å²) >= 11 is 0. The highest BCUT2D eigenvalue weighted by Crippen LogP contribution is 2.41. The van der Waals surface area contributed by atoms with E-state index in [-0.39, 0.29) is 24.2 Å². The third-order valence-electron chi connectivity index (χ3n) is 8.27. The van der Waals surface area contributed by atoms with Gasteiger partial charge in [0, 0.05) is 13.0 Å². The molecule has 5 aromatic rings. The molecule has 4 heteroatoms. The second-order valence-electron chi connectivity index (χ2n) is 11.1. The SMILES string of the molecule is C1=NC(c2ccccc2)C(c2ccccc2)N1Cc1cccc(CC2=NC(c3ccccc3)C(c3ccccc3)N2)c1. The Morgan fingerprint density at radius 3 is 1.74 bits per heavy atom. The predicted octanol–water partition coefficient (Wildman–Crippen LogP) is 8.04. The van der Waals surface area contributed by atoms with Crippen LogP contribution >= 0.6 is 0 Å². The second-order valence-corrected chi connectivity index (χ2v) is 11.1. The maximum atomic E-state index is 5.21.